The molecule has 1 aromatic rings. The Hall–Kier alpha value is -0.600. The monoisotopic (exact) mass is 201 g/mol. The Morgan fingerprint density at radius 3 is 2.77 bits per heavy atom. The van der Waals surface area contributed by atoms with Crippen LogP contribution < -0.4 is 5.73 Å². The molecule has 0 heterocycles. The molecule has 2 N–H and O–H groups in total. The fraction of sp³-hybridized carbons (Fsp3) is 0.400. The van der Waals surface area contributed by atoms with E-state index in [9.17, 15) is 4.39 Å². The quantitative estimate of drug-likeness (QED) is 0.800. The van der Waals surface area contributed by atoms with Crippen LogP contribution in [0.1, 0.15) is 24.8 Å². The third-order valence-electron chi connectivity index (χ3n) is 2.11. The van der Waals surface area contributed by atoms with Gasteiger partial charge in [-0.2, -0.15) is 0 Å². The predicted molar refractivity (Wildman–Crippen MR) is 53.5 cm³/mol. The van der Waals surface area contributed by atoms with Crippen LogP contribution in [0, 0.1) is 5.82 Å². The maximum Gasteiger partial charge on any atom is 0.141 e. The van der Waals surface area contributed by atoms with E-state index in [1.54, 1.807) is 12.1 Å². The summed E-state index contributed by atoms with van der Waals surface area (Å²) in [4.78, 5) is 0. The Morgan fingerprint density at radius 2 is 2.23 bits per heavy atom. The van der Waals surface area contributed by atoms with Crippen molar-refractivity contribution in [3.63, 3.8) is 0 Å². The lowest BCUT2D eigenvalue weighted by Crippen LogP contribution is -2.04. The highest BCUT2D eigenvalue weighted by Gasteiger charge is 2.06. The van der Waals surface area contributed by atoms with Crippen molar-refractivity contribution in [2.75, 3.05) is 6.54 Å². The maximum absolute atomic E-state index is 12.8. The molecule has 0 aliphatic carbocycles. The van der Waals surface area contributed by atoms with E-state index in [0.717, 1.165) is 12.0 Å². The molecule has 0 saturated heterocycles. The van der Waals surface area contributed by atoms with Gasteiger partial charge in [-0.15, -0.1) is 0 Å². The number of hydrogen-bond donors (Lipinski definition) is 1. The first-order chi connectivity index (χ1) is 6.15. The highest BCUT2D eigenvalue weighted by Crippen LogP contribution is 2.23. The topological polar surface area (TPSA) is 26.0 Å². The molecule has 72 valence electrons. The summed E-state index contributed by atoms with van der Waals surface area (Å²) in [6.45, 7) is 2.69. The summed E-state index contributed by atoms with van der Waals surface area (Å²) in [6, 6.07) is 4.81. The molecular weight excluding hydrogens is 189 g/mol. The van der Waals surface area contributed by atoms with Crippen LogP contribution in [0.15, 0.2) is 18.2 Å². The zero-order valence-electron chi connectivity index (χ0n) is 7.56. The Kier molecular flexibility index (Phi) is 3.70. The third-order valence-corrected chi connectivity index (χ3v) is 2.40. The minimum absolute atomic E-state index is 0.182. The standard InChI is InChI=1S/C10H13ClFN/c1-7(4-5-13)8-2-3-10(12)9(11)6-8/h2-3,6-7H,4-5,13H2,1H3. The van der Waals surface area contributed by atoms with Crippen molar-refractivity contribution in [3.8, 4) is 0 Å². The molecule has 0 aliphatic rings. The van der Waals surface area contributed by atoms with E-state index >= 15 is 0 Å². The third kappa shape index (κ3) is 2.68. The maximum atomic E-state index is 12.8. The Balaban J connectivity index is 2.84. The van der Waals surface area contributed by atoms with Gasteiger partial charge in [0, 0.05) is 0 Å². The minimum Gasteiger partial charge on any atom is -0.330 e. The molecule has 13 heavy (non-hydrogen) atoms. The van der Waals surface area contributed by atoms with Crippen LogP contribution in [0.4, 0.5) is 4.39 Å². The van der Waals surface area contributed by atoms with Gasteiger partial charge in [-0.25, -0.2) is 4.39 Å². The Morgan fingerprint density at radius 1 is 1.54 bits per heavy atom. The van der Waals surface area contributed by atoms with E-state index in [0.29, 0.717) is 12.5 Å². The van der Waals surface area contributed by atoms with Gasteiger partial charge in [-0.1, -0.05) is 24.6 Å². The summed E-state index contributed by atoms with van der Waals surface area (Å²) >= 11 is 5.65. The average molecular weight is 202 g/mol. The van der Waals surface area contributed by atoms with Crippen LogP contribution in [0.2, 0.25) is 5.02 Å². The van der Waals surface area contributed by atoms with Crippen LogP contribution in [0.3, 0.4) is 0 Å². The van der Waals surface area contributed by atoms with Crippen LogP contribution in [-0.4, -0.2) is 6.54 Å². The van der Waals surface area contributed by atoms with Crippen LogP contribution in [0.5, 0.6) is 0 Å². The summed E-state index contributed by atoms with van der Waals surface area (Å²) in [6.07, 6.45) is 0.891. The summed E-state index contributed by atoms with van der Waals surface area (Å²) in [5.74, 6) is -0.0338. The molecule has 1 rings (SSSR count). The van der Waals surface area contributed by atoms with Crippen molar-refractivity contribution in [1.29, 1.82) is 0 Å². The number of benzene rings is 1. The predicted octanol–water partition coefficient (Wildman–Crippen LogP) is 2.93. The van der Waals surface area contributed by atoms with Gasteiger partial charge in [0.05, 0.1) is 5.02 Å². The molecular formula is C10H13ClFN. The molecule has 0 bridgehead atoms. The molecule has 1 aromatic carbocycles. The van der Waals surface area contributed by atoms with Gasteiger partial charge in [0.1, 0.15) is 5.82 Å². The van der Waals surface area contributed by atoms with Crippen LogP contribution >= 0.6 is 11.6 Å². The van der Waals surface area contributed by atoms with Crippen LogP contribution in [-0.2, 0) is 0 Å². The molecule has 3 heteroatoms. The molecule has 0 fully saturated rings. The normalized spacial score (nSPS) is 12.9. The molecule has 0 spiro atoms. The molecule has 1 nitrogen and oxygen atoms in total. The molecule has 1 unspecified atom stereocenters. The molecule has 0 radical (unpaired) electrons. The van der Waals surface area contributed by atoms with Crippen molar-refractivity contribution in [2.45, 2.75) is 19.3 Å². The highest BCUT2D eigenvalue weighted by molar-refractivity contribution is 6.30. The first kappa shape index (κ1) is 10.5. The first-order valence-corrected chi connectivity index (χ1v) is 4.68. The van der Waals surface area contributed by atoms with E-state index in [-0.39, 0.29) is 10.8 Å². The number of hydrogen-bond acceptors (Lipinski definition) is 1. The van der Waals surface area contributed by atoms with Crippen molar-refractivity contribution in [1.82, 2.24) is 0 Å². The van der Waals surface area contributed by atoms with E-state index < -0.39 is 0 Å². The van der Waals surface area contributed by atoms with Gasteiger partial charge in [-0.3, -0.25) is 0 Å². The van der Waals surface area contributed by atoms with Crippen molar-refractivity contribution < 1.29 is 4.39 Å². The molecule has 0 saturated carbocycles. The van der Waals surface area contributed by atoms with Gasteiger partial charge in [0.15, 0.2) is 0 Å². The Labute approximate surface area is 82.7 Å². The van der Waals surface area contributed by atoms with Crippen molar-refractivity contribution in [2.24, 2.45) is 5.73 Å². The second-order valence-electron chi connectivity index (χ2n) is 3.15. The smallest absolute Gasteiger partial charge is 0.141 e. The fourth-order valence-corrected chi connectivity index (χ4v) is 1.42. The molecule has 0 amide bonds. The van der Waals surface area contributed by atoms with Crippen LogP contribution in [0.25, 0.3) is 0 Å². The fourth-order valence-electron chi connectivity index (χ4n) is 1.24. The summed E-state index contributed by atoms with van der Waals surface area (Å²) < 4.78 is 12.8. The van der Waals surface area contributed by atoms with Gasteiger partial charge in [-0.05, 0) is 36.6 Å². The lowest BCUT2D eigenvalue weighted by molar-refractivity contribution is 0.624. The second-order valence-corrected chi connectivity index (χ2v) is 3.56. The zero-order chi connectivity index (χ0) is 9.84. The SMILES string of the molecule is CC(CCN)c1ccc(F)c(Cl)c1. The first-order valence-electron chi connectivity index (χ1n) is 4.30. The molecule has 0 aliphatic heterocycles. The lowest BCUT2D eigenvalue weighted by Gasteiger charge is -2.10. The molecule has 1 atom stereocenters. The summed E-state index contributed by atoms with van der Waals surface area (Å²) in [5.41, 5.74) is 6.47. The number of rotatable bonds is 3. The lowest BCUT2D eigenvalue weighted by atomic mass is 9.98. The number of halogens is 2. The van der Waals surface area contributed by atoms with E-state index in [1.807, 2.05) is 0 Å². The van der Waals surface area contributed by atoms with Gasteiger partial charge >= 0.3 is 0 Å². The molecule has 0 aromatic heterocycles. The zero-order valence-corrected chi connectivity index (χ0v) is 8.31. The van der Waals surface area contributed by atoms with E-state index in [2.05, 4.69) is 6.92 Å². The second kappa shape index (κ2) is 4.58. The van der Waals surface area contributed by atoms with Gasteiger partial charge in [0.2, 0.25) is 0 Å². The van der Waals surface area contributed by atoms with Crippen molar-refractivity contribution in [3.05, 3.63) is 34.6 Å². The number of nitrogens with two attached hydrogens (primary N) is 1. The summed E-state index contributed by atoms with van der Waals surface area (Å²) in [5, 5.41) is 0.182. The Bertz CT molecular complexity index is 288. The summed E-state index contributed by atoms with van der Waals surface area (Å²) in [7, 11) is 0. The highest BCUT2D eigenvalue weighted by atomic mass is 35.5. The van der Waals surface area contributed by atoms with Crippen molar-refractivity contribution >= 4 is 11.6 Å². The average Bonchev–Trinajstić information content (AvgIpc) is 2.10. The van der Waals surface area contributed by atoms with Gasteiger partial charge in [0.25, 0.3) is 0 Å². The largest absolute Gasteiger partial charge is 0.330 e. The van der Waals surface area contributed by atoms with Gasteiger partial charge < -0.3 is 5.73 Å². The minimum atomic E-state index is -0.370. The van der Waals surface area contributed by atoms with E-state index in [4.69, 9.17) is 17.3 Å². The van der Waals surface area contributed by atoms with E-state index in [1.165, 1.54) is 6.07 Å².